The normalized spacial score (nSPS) is 9.38. The summed E-state index contributed by atoms with van der Waals surface area (Å²) in [6.45, 7) is 1.80. The predicted molar refractivity (Wildman–Crippen MR) is 48.8 cm³/mol. The second-order valence-electron chi connectivity index (χ2n) is 2.39. The van der Waals surface area contributed by atoms with Crippen LogP contribution in [0.4, 0.5) is 5.95 Å². The topological polar surface area (TPSA) is 99.4 Å². The number of ether oxygens (including phenoxy) is 1. The van der Waals surface area contributed by atoms with E-state index in [1.54, 1.807) is 13.0 Å². The largest absolute Gasteiger partial charge is 0.481 e. The summed E-state index contributed by atoms with van der Waals surface area (Å²) in [5.74, 6) is 0.567. The molecule has 0 aliphatic heterocycles. The van der Waals surface area contributed by atoms with Crippen LogP contribution in [-0.2, 0) is 0 Å². The smallest absolute Gasteiger partial charge is 0.256 e. The Hall–Kier alpha value is -1.85. The average molecular weight is 181 g/mol. The Labute approximate surface area is 75.7 Å². The highest BCUT2D eigenvalue weighted by Crippen LogP contribution is 2.12. The standard InChI is InChI=1S/C7H11N5O/c1-4-3-5(13-2)11-7(10-4)12-6(8)9/h3H,1-2H3,(H4,8,9,10,11,12). The van der Waals surface area contributed by atoms with Crippen LogP contribution < -0.4 is 16.2 Å². The lowest BCUT2D eigenvalue weighted by atomic mass is 10.4. The summed E-state index contributed by atoms with van der Waals surface area (Å²) < 4.78 is 4.92. The van der Waals surface area contributed by atoms with Gasteiger partial charge >= 0.3 is 0 Å². The van der Waals surface area contributed by atoms with Crippen molar-refractivity contribution in [3.05, 3.63) is 11.8 Å². The fourth-order valence-electron chi connectivity index (χ4n) is 0.795. The Morgan fingerprint density at radius 1 is 1.46 bits per heavy atom. The summed E-state index contributed by atoms with van der Waals surface area (Å²) in [7, 11) is 1.51. The molecule has 0 spiro atoms. The van der Waals surface area contributed by atoms with Crippen molar-refractivity contribution >= 4 is 11.9 Å². The number of hydrogen-bond acceptors (Lipinski definition) is 4. The zero-order valence-electron chi connectivity index (χ0n) is 7.48. The van der Waals surface area contributed by atoms with Crippen LogP contribution in [0.15, 0.2) is 11.1 Å². The Bertz CT molecular complexity index is 332. The van der Waals surface area contributed by atoms with Crippen LogP contribution in [0.2, 0.25) is 0 Å². The third-order valence-electron chi connectivity index (χ3n) is 1.26. The maximum absolute atomic E-state index is 5.17. The van der Waals surface area contributed by atoms with E-state index in [2.05, 4.69) is 15.0 Å². The minimum Gasteiger partial charge on any atom is -0.481 e. The zero-order chi connectivity index (χ0) is 9.84. The third kappa shape index (κ3) is 2.58. The zero-order valence-corrected chi connectivity index (χ0v) is 7.48. The monoisotopic (exact) mass is 181 g/mol. The number of guanidine groups is 1. The SMILES string of the molecule is COc1cc(C)nc(N=C(N)N)n1. The molecule has 6 heteroatoms. The van der Waals surface area contributed by atoms with E-state index in [0.717, 1.165) is 5.69 Å². The Morgan fingerprint density at radius 2 is 2.15 bits per heavy atom. The Kier molecular flexibility index (Phi) is 2.63. The molecule has 0 atom stereocenters. The van der Waals surface area contributed by atoms with Gasteiger partial charge in [0.1, 0.15) is 0 Å². The van der Waals surface area contributed by atoms with Gasteiger partial charge in [-0.3, -0.25) is 0 Å². The lowest BCUT2D eigenvalue weighted by molar-refractivity contribution is 0.397. The van der Waals surface area contributed by atoms with E-state index < -0.39 is 0 Å². The van der Waals surface area contributed by atoms with E-state index in [-0.39, 0.29) is 11.9 Å². The Morgan fingerprint density at radius 3 is 2.69 bits per heavy atom. The molecule has 0 aromatic carbocycles. The highest BCUT2D eigenvalue weighted by molar-refractivity contribution is 5.77. The fourth-order valence-corrected chi connectivity index (χ4v) is 0.795. The first-order chi connectivity index (χ1) is 6.11. The van der Waals surface area contributed by atoms with Crippen LogP contribution in [0.5, 0.6) is 5.88 Å². The molecule has 70 valence electrons. The van der Waals surface area contributed by atoms with Crippen molar-refractivity contribution in [1.82, 2.24) is 9.97 Å². The van der Waals surface area contributed by atoms with E-state index in [9.17, 15) is 0 Å². The van der Waals surface area contributed by atoms with Crippen LogP contribution in [0.25, 0.3) is 0 Å². The lowest BCUT2D eigenvalue weighted by Gasteiger charge is -2.00. The first-order valence-electron chi connectivity index (χ1n) is 3.61. The molecule has 0 saturated carbocycles. The van der Waals surface area contributed by atoms with Crippen LogP contribution in [-0.4, -0.2) is 23.0 Å². The summed E-state index contributed by atoms with van der Waals surface area (Å²) in [6, 6.07) is 1.69. The maximum atomic E-state index is 5.17. The van der Waals surface area contributed by atoms with Crippen molar-refractivity contribution in [3.8, 4) is 5.88 Å². The molecule has 1 aromatic rings. The molecule has 13 heavy (non-hydrogen) atoms. The number of nitrogens with zero attached hydrogens (tertiary/aromatic N) is 3. The first-order valence-corrected chi connectivity index (χ1v) is 3.61. The van der Waals surface area contributed by atoms with Crippen LogP contribution >= 0.6 is 0 Å². The molecule has 0 amide bonds. The number of aromatic nitrogens is 2. The van der Waals surface area contributed by atoms with Gasteiger partial charge in [-0.25, -0.2) is 4.98 Å². The predicted octanol–water partition coefficient (Wildman–Crippen LogP) is -0.301. The van der Waals surface area contributed by atoms with Crippen molar-refractivity contribution in [2.45, 2.75) is 6.92 Å². The molecule has 1 aromatic heterocycles. The van der Waals surface area contributed by atoms with Crippen molar-refractivity contribution in [1.29, 1.82) is 0 Å². The molecule has 0 fully saturated rings. The second kappa shape index (κ2) is 3.70. The third-order valence-corrected chi connectivity index (χ3v) is 1.26. The first kappa shape index (κ1) is 9.24. The number of nitrogens with two attached hydrogens (primary N) is 2. The summed E-state index contributed by atoms with van der Waals surface area (Å²) in [4.78, 5) is 11.6. The van der Waals surface area contributed by atoms with Gasteiger partial charge in [0.05, 0.1) is 7.11 Å². The molecule has 6 nitrogen and oxygen atoms in total. The molecular formula is C7H11N5O. The van der Waals surface area contributed by atoms with Crippen LogP contribution in [0.1, 0.15) is 5.69 Å². The van der Waals surface area contributed by atoms with E-state index in [4.69, 9.17) is 16.2 Å². The number of aliphatic imine (C=N–C) groups is 1. The molecule has 0 bridgehead atoms. The van der Waals surface area contributed by atoms with E-state index in [1.807, 2.05) is 0 Å². The van der Waals surface area contributed by atoms with E-state index in [1.165, 1.54) is 7.11 Å². The van der Waals surface area contributed by atoms with Gasteiger partial charge in [0.2, 0.25) is 5.88 Å². The molecular weight excluding hydrogens is 170 g/mol. The molecule has 0 unspecified atom stereocenters. The average Bonchev–Trinajstić information content (AvgIpc) is 2.01. The number of rotatable bonds is 2. The van der Waals surface area contributed by atoms with Gasteiger partial charge in [-0.1, -0.05) is 0 Å². The highest BCUT2D eigenvalue weighted by Gasteiger charge is 2.00. The van der Waals surface area contributed by atoms with E-state index >= 15 is 0 Å². The summed E-state index contributed by atoms with van der Waals surface area (Å²) >= 11 is 0. The quantitative estimate of drug-likeness (QED) is 0.482. The minimum atomic E-state index is -0.0762. The summed E-state index contributed by atoms with van der Waals surface area (Å²) in [5, 5.41) is 0. The minimum absolute atomic E-state index is 0.0762. The van der Waals surface area contributed by atoms with E-state index in [0.29, 0.717) is 5.88 Å². The number of aryl methyl sites for hydroxylation is 1. The van der Waals surface area contributed by atoms with Crippen LogP contribution in [0.3, 0.4) is 0 Å². The summed E-state index contributed by atoms with van der Waals surface area (Å²) in [5.41, 5.74) is 11.1. The van der Waals surface area contributed by atoms with Crippen molar-refractivity contribution in [2.24, 2.45) is 16.5 Å². The van der Waals surface area contributed by atoms with Gasteiger partial charge < -0.3 is 16.2 Å². The van der Waals surface area contributed by atoms with Gasteiger partial charge in [0, 0.05) is 11.8 Å². The van der Waals surface area contributed by atoms with Gasteiger partial charge in [0.25, 0.3) is 5.95 Å². The van der Waals surface area contributed by atoms with Gasteiger partial charge in [-0.2, -0.15) is 9.98 Å². The molecule has 0 aliphatic rings. The molecule has 1 rings (SSSR count). The van der Waals surface area contributed by atoms with Gasteiger partial charge in [0.15, 0.2) is 5.96 Å². The second-order valence-corrected chi connectivity index (χ2v) is 2.39. The van der Waals surface area contributed by atoms with Crippen LogP contribution in [0, 0.1) is 6.92 Å². The van der Waals surface area contributed by atoms with Crippen molar-refractivity contribution < 1.29 is 4.74 Å². The molecule has 4 N–H and O–H groups in total. The van der Waals surface area contributed by atoms with Gasteiger partial charge in [-0.15, -0.1) is 0 Å². The molecule has 1 heterocycles. The van der Waals surface area contributed by atoms with Crippen molar-refractivity contribution in [3.63, 3.8) is 0 Å². The summed E-state index contributed by atoms with van der Waals surface area (Å²) in [6.07, 6.45) is 0. The highest BCUT2D eigenvalue weighted by atomic mass is 16.5. The maximum Gasteiger partial charge on any atom is 0.256 e. The number of hydrogen-bond donors (Lipinski definition) is 2. The van der Waals surface area contributed by atoms with Crippen molar-refractivity contribution in [2.75, 3.05) is 7.11 Å². The molecule has 0 saturated heterocycles. The Balaban J connectivity index is 3.09. The fraction of sp³-hybridized carbons (Fsp3) is 0.286. The lowest BCUT2D eigenvalue weighted by Crippen LogP contribution is -2.22. The number of methoxy groups -OCH3 is 1. The van der Waals surface area contributed by atoms with Gasteiger partial charge in [-0.05, 0) is 6.92 Å². The molecule has 0 aliphatic carbocycles. The molecule has 0 radical (unpaired) electrons.